The van der Waals surface area contributed by atoms with Gasteiger partial charge in [0.25, 0.3) is 0 Å². The number of carbonyl (C=O) groups excluding carboxylic acids is 1. The summed E-state index contributed by atoms with van der Waals surface area (Å²) in [4.78, 5) is 13.4. The highest BCUT2D eigenvalue weighted by Gasteiger charge is 2.53. The molecule has 0 fully saturated rings. The van der Waals surface area contributed by atoms with Gasteiger partial charge in [0.1, 0.15) is 5.60 Å². The Labute approximate surface area is 191 Å². The van der Waals surface area contributed by atoms with E-state index in [-0.39, 0.29) is 22.3 Å². The number of alkyl halides is 6. The monoisotopic (exact) mass is 476 g/mol. The average Bonchev–Trinajstić information content (AvgIpc) is 3.00. The fourth-order valence-electron chi connectivity index (χ4n) is 4.37. The Bertz CT molecular complexity index is 1270. The van der Waals surface area contributed by atoms with Crippen molar-refractivity contribution in [3.63, 3.8) is 0 Å². The smallest absolute Gasteiger partial charge is 0.380 e. The highest BCUT2D eigenvalue weighted by atomic mass is 19.4. The molecule has 1 aliphatic carbocycles. The molecule has 3 aromatic carbocycles. The molecule has 0 spiro atoms. The fourth-order valence-corrected chi connectivity index (χ4v) is 4.37. The van der Waals surface area contributed by atoms with Crippen molar-refractivity contribution in [1.82, 2.24) is 0 Å². The minimum atomic E-state index is -4.72. The van der Waals surface area contributed by atoms with Crippen molar-refractivity contribution < 1.29 is 36.2 Å². The van der Waals surface area contributed by atoms with Crippen molar-refractivity contribution in [2.24, 2.45) is 5.92 Å². The number of Topliss-reactive ketones (excluding diaryl/α,β-unsaturated/α-hetero) is 1. The first kappa shape index (κ1) is 23.8. The first-order chi connectivity index (χ1) is 15.8. The summed E-state index contributed by atoms with van der Waals surface area (Å²) in [5, 5.41) is 11.9. The van der Waals surface area contributed by atoms with Crippen molar-refractivity contribution in [3.8, 4) is 0 Å². The van der Waals surface area contributed by atoms with Gasteiger partial charge >= 0.3 is 12.4 Å². The average molecular weight is 476 g/mol. The van der Waals surface area contributed by atoms with Crippen LogP contribution in [0.25, 0.3) is 11.1 Å². The van der Waals surface area contributed by atoms with Gasteiger partial charge in [0.05, 0.1) is 17.0 Å². The van der Waals surface area contributed by atoms with Gasteiger partial charge in [-0.15, -0.1) is 0 Å². The van der Waals surface area contributed by atoms with E-state index in [9.17, 15) is 36.2 Å². The van der Waals surface area contributed by atoms with E-state index in [1.165, 1.54) is 19.1 Å². The van der Waals surface area contributed by atoms with Crippen molar-refractivity contribution >= 4 is 16.9 Å². The normalized spacial score (nSPS) is 21.3. The predicted molar refractivity (Wildman–Crippen MR) is 114 cm³/mol. The summed E-state index contributed by atoms with van der Waals surface area (Å²) in [6, 6.07) is 16.0. The Morgan fingerprint density at radius 3 is 1.85 bits per heavy atom. The van der Waals surface area contributed by atoms with Crippen LogP contribution < -0.4 is 0 Å². The molecule has 0 aliphatic heterocycles. The van der Waals surface area contributed by atoms with E-state index in [0.29, 0.717) is 5.56 Å². The molecule has 2 nitrogen and oxygen atoms in total. The van der Waals surface area contributed by atoms with Gasteiger partial charge in [0.15, 0.2) is 5.78 Å². The number of benzene rings is 3. The third-order valence-corrected chi connectivity index (χ3v) is 6.07. The minimum absolute atomic E-state index is 0.0349. The number of carbonyl (C=O) groups is 1. The Hall–Kier alpha value is -3.39. The second-order valence-corrected chi connectivity index (χ2v) is 8.13. The number of hydrogen-bond acceptors (Lipinski definition) is 2. The zero-order valence-corrected chi connectivity index (χ0v) is 17.7. The van der Waals surface area contributed by atoms with Crippen molar-refractivity contribution in [3.05, 3.63) is 107 Å². The van der Waals surface area contributed by atoms with Crippen LogP contribution in [0.15, 0.2) is 78.9 Å². The molecule has 0 saturated heterocycles. The summed E-state index contributed by atoms with van der Waals surface area (Å²) in [5.74, 6) is -1.84. The van der Waals surface area contributed by atoms with Gasteiger partial charge in [0.2, 0.25) is 0 Å². The molecule has 0 heterocycles. The van der Waals surface area contributed by atoms with Crippen LogP contribution in [-0.2, 0) is 22.7 Å². The molecule has 8 heteroatoms. The first-order valence-corrected chi connectivity index (χ1v) is 10.3. The molecule has 0 aromatic heterocycles. The molecule has 3 aromatic rings. The standard InChI is InChI=1S/C26H18F6O2/c1-15-23(33)21(16-7-3-2-4-8-16)22(17-9-5-11-19(13-17)25(27,28)29)24(15,34)18-10-6-12-20(14-18)26(30,31)32/h2-15,34H,1H3/t15-,24+/m1/s1. The lowest BCUT2D eigenvalue weighted by Crippen LogP contribution is -2.34. The lowest BCUT2D eigenvalue weighted by atomic mass is 9.77. The molecule has 1 aliphatic rings. The van der Waals surface area contributed by atoms with Crippen molar-refractivity contribution in [2.75, 3.05) is 0 Å². The van der Waals surface area contributed by atoms with E-state index in [1.54, 1.807) is 30.3 Å². The van der Waals surface area contributed by atoms with Gasteiger partial charge in [-0.05, 0) is 41.0 Å². The Kier molecular flexibility index (Phi) is 5.68. The van der Waals surface area contributed by atoms with Gasteiger partial charge in [-0.2, -0.15) is 26.3 Å². The fraction of sp³-hybridized carbons (Fsp3) is 0.192. The Morgan fingerprint density at radius 1 is 0.735 bits per heavy atom. The second-order valence-electron chi connectivity index (χ2n) is 8.13. The largest absolute Gasteiger partial charge is 0.416 e. The van der Waals surface area contributed by atoms with Crippen LogP contribution in [0.3, 0.4) is 0 Å². The SMILES string of the molecule is C[C@@H]1C(=O)C(c2ccccc2)=C(c2cccc(C(F)(F)F)c2)[C@@]1(O)c1cccc(C(F)(F)F)c1. The summed E-state index contributed by atoms with van der Waals surface area (Å²) >= 11 is 0. The van der Waals surface area contributed by atoms with Crippen molar-refractivity contribution in [2.45, 2.75) is 24.9 Å². The second kappa shape index (κ2) is 8.13. The number of halogens is 6. The molecule has 0 unspecified atom stereocenters. The Balaban J connectivity index is 2.06. The summed E-state index contributed by atoms with van der Waals surface area (Å²) in [6.45, 7) is 1.35. The van der Waals surface area contributed by atoms with Crippen LogP contribution in [-0.4, -0.2) is 10.9 Å². The molecule has 176 valence electrons. The summed E-state index contributed by atoms with van der Waals surface area (Å²) in [7, 11) is 0. The Morgan fingerprint density at radius 2 is 1.26 bits per heavy atom. The topological polar surface area (TPSA) is 37.3 Å². The molecule has 0 saturated carbocycles. The molecule has 0 bridgehead atoms. The van der Waals surface area contributed by atoms with Crippen LogP contribution >= 0.6 is 0 Å². The van der Waals surface area contributed by atoms with E-state index >= 15 is 0 Å². The van der Waals surface area contributed by atoms with Crippen LogP contribution in [0.1, 0.15) is 34.7 Å². The molecular weight excluding hydrogens is 458 g/mol. The van der Waals surface area contributed by atoms with Crippen molar-refractivity contribution in [1.29, 1.82) is 0 Å². The minimum Gasteiger partial charge on any atom is -0.380 e. The van der Waals surface area contributed by atoms with Gasteiger partial charge in [-0.3, -0.25) is 4.79 Å². The molecule has 0 amide bonds. The van der Waals surface area contributed by atoms with E-state index in [2.05, 4.69) is 0 Å². The van der Waals surface area contributed by atoms with Crippen LogP contribution in [0.5, 0.6) is 0 Å². The maximum atomic E-state index is 13.5. The third-order valence-electron chi connectivity index (χ3n) is 6.07. The summed E-state index contributed by atoms with van der Waals surface area (Å²) in [5.41, 5.74) is -4.55. The van der Waals surface area contributed by atoms with Gasteiger partial charge in [-0.25, -0.2) is 0 Å². The summed E-state index contributed by atoms with van der Waals surface area (Å²) < 4.78 is 80.6. The van der Waals surface area contributed by atoms with E-state index in [1.807, 2.05) is 0 Å². The van der Waals surface area contributed by atoms with Crippen LogP contribution in [0.2, 0.25) is 0 Å². The zero-order chi connectivity index (χ0) is 24.9. The molecule has 34 heavy (non-hydrogen) atoms. The van der Waals surface area contributed by atoms with E-state index in [0.717, 1.165) is 36.4 Å². The molecular formula is C26H18F6O2. The molecule has 2 atom stereocenters. The highest BCUT2D eigenvalue weighted by Crippen LogP contribution is 2.54. The molecule has 4 rings (SSSR count). The number of rotatable bonds is 3. The van der Waals surface area contributed by atoms with Crippen LogP contribution in [0.4, 0.5) is 26.3 Å². The van der Waals surface area contributed by atoms with Gasteiger partial charge in [-0.1, -0.05) is 61.5 Å². The van der Waals surface area contributed by atoms with E-state index in [4.69, 9.17) is 0 Å². The highest BCUT2D eigenvalue weighted by molar-refractivity contribution is 6.33. The number of aliphatic hydroxyl groups is 1. The quantitative estimate of drug-likeness (QED) is 0.425. The number of allylic oxidation sites excluding steroid dienone is 1. The predicted octanol–water partition coefficient (Wildman–Crippen LogP) is 6.74. The lowest BCUT2D eigenvalue weighted by molar-refractivity contribution is -0.138. The van der Waals surface area contributed by atoms with E-state index < -0.39 is 40.8 Å². The zero-order valence-electron chi connectivity index (χ0n) is 17.7. The number of ketones is 1. The molecule has 1 N–H and O–H groups in total. The maximum Gasteiger partial charge on any atom is 0.416 e. The summed E-state index contributed by atoms with van der Waals surface area (Å²) in [6.07, 6.45) is -9.42. The number of hydrogen-bond donors (Lipinski definition) is 1. The first-order valence-electron chi connectivity index (χ1n) is 10.3. The third kappa shape index (κ3) is 3.92. The van der Waals surface area contributed by atoms with Gasteiger partial charge < -0.3 is 5.11 Å². The van der Waals surface area contributed by atoms with Gasteiger partial charge in [0, 0.05) is 11.1 Å². The lowest BCUT2D eigenvalue weighted by Gasteiger charge is -2.32. The maximum absolute atomic E-state index is 13.5. The molecule has 0 radical (unpaired) electrons. The van der Waals surface area contributed by atoms with Crippen LogP contribution in [0, 0.1) is 5.92 Å².